The molecule has 1 saturated carbocycles. The summed E-state index contributed by atoms with van der Waals surface area (Å²) in [7, 11) is 0. The fraction of sp³-hybridized carbons (Fsp3) is 1.00. The number of nitrogens with one attached hydrogen (secondary N) is 1. The second-order valence-electron chi connectivity index (χ2n) is 3.78. The van der Waals surface area contributed by atoms with E-state index in [0.717, 1.165) is 5.75 Å². The van der Waals surface area contributed by atoms with Crippen molar-refractivity contribution < 1.29 is 10.2 Å². The van der Waals surface area contributed by atoms with Crippen molar-refractivity contribution in [2.24, 2.45) is 0 Å². The van der Waals surface area contributed by atoms with E-state index in [9.17, 15) is 5.11 Å². The highest BCUT2D eigenvalue weighted by atomic mass is 32.2. The molecule has 0 bridgehead atoms. The van der Waals surface area contributed by atoms with E-state index in [1.54, 1.807) is 0 Å². The minimum atomic E-state index is -0.608. The van der Waals surface area contributed by atoms with Gasteiger partial charge in [-0.3, -0.25) is 0 Å². The third kappa shape index (κ3) is 3.77. The quantitative estimate of drug-likeness (QED) is 0.612. The smallest absolute Gasteiger partial charge is 0.0895 e. The van der Waals surface area contributed by atoms with Gasteiger partial charge in [-0.15, -0.1) is 0 Å². The molecule has 0 saturated heterocycles. The molecular formula is C10H21NO2S. The van der Waals surface area contributed by atoms with Crippen molar-refractivity contribution in [3.63, 3.8) is 0 Å². The summed E-state index contributed by atoms with van der Waals surface area (Å²) in [6, 6.07) is 0.529. The third-order valence-corrected chi connectivity index (χ3v) is 3.99. The third-order valence-electron chi connectivity index (χ3n) is 2.66. The van der Waals surface area contributed by atoms with Crippen LogP contribution in [0.4, 0.5) is 0 Å². The van der Waals surface area contributed by atoms with Gasteiger partial charge < -0.3 is 15.5 Å². The van der Waals surface area contributed by atoms with Crippen molar-refractivity contribution in [3.8, 4) is 0 Å². The van der Waals surface area contributed by atoms with Crippen LogP contribution in [0.2, 0.25) is 0 Å². The Morgan fingerprint density at radius 2 is 2.29 bits per heavy atom. The second kappa shape index (κ2) is 6.67. The van der Waals surface area contributed by atoms with Crippen LogP contribution in [0.5, 0.6) is 0 Å². The van der Waals surface area contributed by atoms with E-state index in [0.29, 0.717) is 17.8 Å². The van der Waals surface area contributed by atoms with Gasteiger partial charge in [0.25, 0.3) is 0 Å². The Bertz CT molecular complexity index is 157. The van der Waals surface area contributed by atoms with Gasteiger partial charge in [0.05, 0.1) is 12.7 Å². The molecule has 1 aliphatic rings. The molecule has 1 aliphatic carbocycles. The van der Waals surface area contributed by atoms with E-state index in [4.69, 9.17) is 5.11 Å². The van der Waals surface area contributed by atoms with Gasteiger partial charge in [-0.1, -0.05) is 13.3 Å². The Labute approximate surface area is 90.3 Å². The molecule has 3 unspecified atom stereocenters. The minimum Gasteiger partial charge on any atom is -0.394 e. The first kappa shape index (κ1) is 12.3. The van der Waals surface area contributed by atoms with Gasteiger partial charge in [0.1, 0.15) is 0 Å². The van der Waals surface area contributed by atoms with Crippen molar-refractivity contribution in [1.82, 2.24) is 5.32 Å². The zero-order valence-electron chi connectivity index (χ0n) is 8.78. The van der Waals surface area contributed by atoms with Gasteiger partial charge >= 0.3 is 0 Å². The predicted molar refractivity (Wildman–Crippen MR) is 60.7 cm³/mol. The number of hydrogen-bond donors (Lipinski definition) is 3. The zero-order chi connectivity index (χ0) is 10.4. The summed E-state index contributed by atoms with van der Waals surface area (Å²) in [6.45, 7) is 2.55. The lowest BCUT2D eigenvalue weighted by Gasteiger charge is -2.21. The number of aliphatic hydroxyl groups is 2. The van der Waals surface area contributed by atoms with Gasteiger partial charge in [-0.2, -0.15) is 11.8 Å². The maximum absolute atomic E-state index is 9.22. The summed E-state index contributed by atoms with van der Waals surface area (Å²) >= 11 is 2.00. The van der Waals surface area contributed by atoms with Crippen LogP contribution in [0.3, 0.4) is 0 Å². The van der Waals surface area contributed by atoms with Crippen LogP contribution in [0.1, 0.15) is 26.2 Å². The topological polar surface area (TPSA) is 52.5 Å². The van der Waals surface area contributed by atoms with E-state index < -0.39 is 6.10 Å². The monoisotopic (exact) mass is 219 g/mol. The normalized spacial score (nSPS) is 29.4. The summed E-state index contributed by atoms with van der Waals surface area (Å²) in [5.41, 5.74) is 0. The van der Waals surface area contributed by atoms with Gasteiger partial charge in [0.15, 0.2) is 0 Å². The summed E-state index contributed by atoms with van der Waals surface area (Å²) < 4.78 is 0. The molecule has 0 spiro atoms. The molecule has 3 nitrogen and oxygen atoms in total. The molecule has 14 heavy (non-hydrogen) atoms. The Morgan fingerprint density at radius 1 is 1.50 bits per heavy atom. The summed E-state index contributed by atoms with van der Waals surface area (Å²) in [4.78, 5) is 0. The van der Waals surface area contributed by atoms with Crippen molar-refractivity contribution >= 4 is 11.8 Å². The molecule has 0 aromatic carbocycles. The minimum absolute atomic E-state index is 0.148. The Kier molecular flexibility index (Phi) is 5.86. The lowest BCUT2D eigenvalue weighted by molar-refractivity contribution is 0.0922. The molecule has 4 heteroatoms. The van der Waals surface area contributed by atoms with Crippen LogP contribution in [-0.4, -0.2) is 46.5 Å². The van der Waals surface area contributed by atoms with E-state index in [2.05, 4.69) is 12.2 Å². The Balaban J connectivity index is 2.21. The number of rotatable bonds is 6. The lowest BCUT2D eigenvalue weighted by Crippen LogP contribution is -2.40. The van der Waals surface area contributed by atoms with Gasteiger partial charge in [-0.05, 0) is 18.6 Å². The Morgan fingerprint density at radius 3 is 2.93 bits per heavy atom. The molecule has 0 aromatic rings. The highest BCUT2D eigenvalue weighted by molar-refractivity contribution is 7.99. The first-order valence-electron chi connectivity index (χ1n) is 5.41. The van der Waals surface area contributed by atoms with E-state index in [1.807, 2.05) is 11.8 Å². The standard InChI is InChI=1S/C10H21NO2S/c1-2-14-10-5-3-4-9(10)11-6-8(13)7-12/h8-13H,2-7H2,1H3. The van der Waals surface area contributed by atoms with Gasteiger partial charge in [0, 0.05) is 17.8 Å². The molecule has 0 radical (unpaired) electrons. The van der Waals surface area contributed by atoms with Crippen LogP contribution in [0.15, 0.2) is 0 Å². The maximum atomic E-state index is 9.22. The largest absolute Gasteiger partial charge is 0.394 e. The molecule has 0 heterocycles. The highest BCUT2D eigenvalue weighted by Gasteiger charge is 2.26. The average Bonchev–Trinajstić information content (AvgIpc) is 2.62. The van der Waals surface area contributed by atoms with Crippen molar-refractivity contribution in [2.75, 3.05) is 18.9 Å². The fourth-order valence-electron chi connectivity index (χ4n) is 1.93. The lowest BCUT2D eigenvalue weighted by atomic mass is 10.2. The SMILES string of the molecule is CCSC1CCCC1NCC(O)CO. The molecule has 3 N–H and O–H groups in total. The first-order chi connectivity index (χ1) is 6.77. The molecule has 1 fully saturated rings. The predicted octanol–water partition coefficient (Wildman–Crippen LogP) is 0.603. The van der Waals surface area contributed by atoms with Crippen molar-refractivity contribution in [1.29, 1.82) is 0 Å². The second-order valence-corrected chi connectivity index (χ2v) is 5.29. The zero-order valence-corrected chi connectivity index (χ0v) is 9.59. The van der Waals surface area contributed by atoms with Crippen LogP contribution >= 0.6 is 11.8 Å². The Hall–Kier alpha value is 0.230. The number of thioether (sulfide) groups is 1. The highest BCUT2D eigenvalue weighted by Crippen LogP contribution is 2.29. The number of hydrogen-bond acceptors (Lipinski definition) is 4. The molecule has 3 atom stereocenters. The van der Waals surface area contributed by atoms with Crippen molar-refractivity contribution in [3.05, 3.63) is 0 Å². The fourth-order valence-corrected chi connectivity index (χ4v) is 3.15. The molecule has 1 rings (SSSR count). The van der Waals surface area contributed by atoms with E-state index in [-0.39, 0.29) is 6.61 Å². The first-order valence-corrected chi connectivity index (χ1v) is 6.46. The molecule has 0 amide bonds. The van der Waals surface area contributed by atoms with Gasteiger partial charge in [-0.25, -0.2) is 0 Å². The number of aliphatic hydroxyl groups excluding tert-OH is 2. The van der Waals surface area contributed by atoms with Crippen LogP contribution in [0, 0.1) is 0 Å². The summed E-state index contributed by atoms with van der Waals surface area (Å²) in [5.74, 6) is 1.16. The van der Waals surface area contributed by atoms with Crippen LogP contribution in [0.25, 0.3) is 0 Å². The molecular weight excluding hydrogens is 198 g/mol. The molecule has 84 valence electrons. The van der Waals surface area contributed by atoms with Crippen LogP contribution in [-0.2, 0) is 0 Å². The maximum Gasteiger partial charge on any atom is 0.0895 e. The van der Waals surface area contributed by atoms with Gasteiger partial charge in [0.2, 0.25) is 0 Å². The van der Waals surface area contributed by atoms with E-state index >= 15 is 0 Å². The van der Waals surface area contributed by atoms with E-state index in [1.165, 1.54) is 19.3 Å². The van der Waals surface area contributed by atoms with Crippen molar-refractivity contribution in [2.45, 2.75) is 43.6 Å². The molecule has 0 aromatic heterocycles. The average molecular weight is 219 g/mol. The van der Waals surface area contributed by atoms with Crippen LogP contribution < -0.4 is 5.32 Å². The molecule has 0 aliphatic heterocycles. The summed E-state index contributed by atoms with van der Waals surface area (Å²) in [5, 5.41) is 21.9. The summed E-state index contributed by atoms with van der Waals surface area (Å²) in [6.07, 6.45) is 3.16.